The molecular formula is C26H24N2O2S2. The van der Waals surface area contributed by atoms with E-state index in [4.69, 9.17) is 4.98 Å². The Kier molecular flexibility index (Phi) is 5.74. The first-order valence-electron chi connectivity index (χ1n) is 10.9. The summed E-state index contributed by atoms with van der Waals surface area (Å²) in [6.45, 7) is 3.91. The van der Waals surface area contributed by atoms with E-state index in [1.807, 2.05) is 68.4 Å². The predicted octanol–water partition coefficient (Wildman–Crippen LogP) is 6.00. The summed E-state index contributed by atoms with van der Waals surface area (Å²) in [6.07, 6.45) is 4.24. The van der Waals surface area contributed by atoms with Crippen molar-refractivity contribution in [2.75, 3.05) is 0 Å². The molecule has 0 radical (unpaired) electrons. The fourth-order valence-corrected chi connectivity index (χ4v) is 6.54. The molecule has 0 fully saturated rings. The van der Waals surface area contributed by atoms with Crippen molar-refractivity contribution in [1.29, 1.82) is 0 Å². The topological polar surface area (TPSA) is 52.0 Å². The molecule has 5 rings (SSSR count). The van der Waals surface area contributed by atoms with Crippen LogP contribution < -0.4 is 5.56 Å². The average Bonchev–Trinajstić information content (AvgIpc) is 3.19. The zero-order valence-corrected chi connectivity index (χ0v) is 19.8. The van der Waals surface area contributed by atoms with Crippen molar-refractivity contribution >= 4 is 39.1 Å². The summed E-state index contributed by atoms with van der Waals surface area (Å²) in [5, 5.41) is 0.964. The van der Waals surface area contributed by atoms with Crippen molar-refractivity contribution < 1.29 is 4.79 Å². The highest BCUT2D eigenvalue weighted by Gasteiger charge is 2.25. The van der Waals surface area contributed by atoms with E-state index in [0.717, 1.165) is 47.2 Å². The first kappa shape index (κ1) is 21.2. The second kappa shape index (κ2) is 8.68. The Morgan fingerprint density at radius 1 is 1.06 bits per heavy atom. The van der Waals surface area contributed by atoms with Gasteiger partial charge in [0, 0.05) is 10.4 Å². The van der Waals surface area contributed by atoms with Gasteiger partial charge in [-0.1, -0.05) is 59.8 Å². The zero-order chi connectivity index (χ0) is 22.2. The van der Waals surface area contributed by atoms with Crippen LogP contribution in [0.25, 0.3) is 15.9 Å². The van der Waals surface area contributed by atoms with Gasteiger partial charge in [0.25, 0.3) is 5.56 Å². The lowest BCUT2D eigenvalue weighted by Crippen LogP contribution is -2.24. The van der Waals surface area contributed by atoms with E-state index < -0.39 is 0 Å². The number of thioether (sulfide) groups is 1. The number of Topliss-reactive ketones (excluding diaryl/α,β-unsaturated/α-hetero) is 1. The fourth-order valence-electron chi connectivity index (χ4n) is 4.24. The van der Waals surface area contributed by atoms with Crippen molar-refractivity contribution in [3.05, 3.63) is 86.5 Å². The van der Waals surface area contributed by atoms with E-state index >= 15 is 0 Å². The Labute approximate surface area is 195 Å². The SMILES string of the molecule is Cc1ccc(-n2c(S[C@@H](C)C(=O)c3ccccc3)nc3sc4c(c3c2=O)CCCC4)cc1. The molecule has 6 heteroatoms. The number of benzene rings is 2. The largest absolute Gasteiger partial charge is 0.293 e. The molecule has 4 aromatic rings. The van der Waals surface area contributed by atoms with E-state index in [0.29, 0.717) is 10.7 Å². The minimum Gasteiger partial charge on any atom is -0.293 e. The predicted molar refractivity (Wildman–Crippen MR) is 133 cm³/mol. The molecule has 0 bridgehead atoms. The number of rotatable bonds is 5. The molecule has 0 spiro atoms. The molecular weight excluding hydrogens is 436 g/mol. The molecule has 162 valence electrons. The smallest absolute Gasteiger partial charge is 0.267 e. The van der Waals surface area contributed by atoms with Gasteiger partial charge in [0.05, 0.1) is 16.3 Å². The molecule has 2 aromatic heterocycles. The zero-order valence-electron chi connectivity index (χ0n) is 18.1. The highest BCUT2D eigenvalue weighted by atomic mass is 32.2. The molecule has 1 aliphatic rings. The van der Waals surface area contributed by atoms with E-state index in [9.17, 15) is 9.59 Å². The maximum absolute atomic E-state index is 13.8. The number of carbonyl (C=O) groups is 1. The van der Waals surface area contributed by atoms with Gasteiger partial charge in [0.15, 0.2) is 10.9 Å². The monoisotopic (exact) mass is 460 g/mol. The summed E-state index contributed by atoms with van der Waals surface area (Å²) in [7, 11) is 0. The van der Waals surface area contributed by atoms with E-state index in [2.05, 4.69) is 0 Å². The maximum Gasteiger partial charge on any atom is 0.267 e. The summed E-state index contributed by atoms with van der Waals surface area (Å²) < 4.78 is 1.70. The highest BCUT2D eigenvalue weighted by Crippen LogP contribution is 2.36. The lowest BCUT2D eigenvalue weighted by molar-refractivity contribution is 0.0994. The molecule has 32 heavy (non-hydrogen) atoms. The Bertz CT molecular complexity index is 1350. The lowest BCUT2D eigenvalue weighted by atomic mass is 9.97. The summed E-state index contributed by atoms with van der Waals surface area (Å²) >= 11 is 3.00. The minimum atomic E-state index is -0.368. The molecule has 0 amide bonds. The van der Waals surface area contributed by atoms with Crippen molar-refractivity contribution in [1.82, 2.24) is 9.55 Å². The van der Waals surface area contributed by atoms with Crippen molar-refractivity contribution in [2.45, 2.75) is 49.9 Å². The number of nitrogens with zero attached hydrogens (tertiary/aromatic N) is 2. The van der Waals surface area contributed by atoms with Gasteiger partial charge in [-0.15, -0.1) is 11.3 Å². The second-order valence-electron chi connectivity index (χ2n) is 8.25. The average molecular weight is 461 g/mol. The first-order chi connectivity index (χ1) is 15.5. The number of fused-ring (bicyclic) bond motifs is 3. The number of hydrogen-bond donors (Lipinski definition) is 0. The van der Waals surface area contributed by atoms with Gasteiger partial charge in [-0.2, -0.15) is 0 Å². The molecule has 2 heterocycles. The number of aryl methyl sites for hydroxylation is 3. The van der Waals surface area contributed by atoms with Crippen LogP contribution >= 0.6 is 23.1 Å². The molecule has 0 aliphatic heterocycles. The third-order valence-electron chi connectivity index (χ3n) is 5.96. The number of carbonyl (C=O) groups excluding carboxylic acids is 1. The number of ketones is 1. The van der Waals surface area contributed by atoms with Crippen LogP contribution in [0.4, 0.5) is 0 Å². The van der Waals surface area contributed by atoms with Crippen LogP contribution in [0.2, 0.25) is 0 Å². The van der Waals surface area contributed by atoms with Gasteiger partial charge in [-0.05, 0) is 57.2 Å². The van der Waals surface area contributed by atoms with Crippen LogP contribution in [0, 0.1) is 6.92 Å². The molecule has 0 saturated carbocycles. The Balaban J connectivity index is 1.65. The van der Waals surface area contributed by atoms with Gasteiger partial charge in [0.2, 0.25) is 0 Å². The van der Waals surface area contributed by atoms with Crippen LogP contribution in [0.5, 0.6) is 0 Å². The van der Waals surface area contributed by atoms with E-state index in [1.54, 1.807) is 15.9 Å². The van der Waals surface area contributed by atoms with E-state index in [1.165, 1.54) is 22.2 Å². The van der Waals surface area contributed by atoms with Crippen LogP contribution in [0.3, 0.4) is 0 Å². The van der Waals surface area contributed by atoms with Crippen LogP contribution in [0.15, 0.2) is 64.5 Å². The van der Waals surface area contributed by atoms with Gasteiger partial charge < -0.3 is 0 Å². The van der Waals surface area contributed by atoms with Crippen molar-refractivity contribution in [3.8, 4) is 5.69 Å². The third-order valence-corrected chi connectivity index (χ3v) is 8.20. The fraction of sp³-hybridized carbons (Fsp3) is 0.269. The second-order valence-corrected chi connectivity index (χ2v) is 10.6. The standard InChI is InChI=1S/C26H24N2O2S2/c1-16-12-14-19(15-13-16)28-25(30)22-20-10-6-7-11-21(20)32-24(22)27-26(28)31-17(2)23(29)18-8-4-3-5-9-18/h3-5,8-9,12-15,17H,6-7,10-11H2,1-2H3/t17-/m0/s1. The van der Waals surface area contributed by atoms with Crippen LogP contribution in [0.1, 0.15) is 46.1 Å². The van der Waals surface area contributed by atoms with Crippen LogP contribution in [-0.2, 0) is 12.8 Å². The molecule has 0 saturated heterocycles. The normalized spacial score (nSPS) is 14.3. The molecule has 2 aromatic carbocycles. The third kappa shape index (κ3) is 3.82. The Hall–Kier alpha value is -2.70. The summed E-state index contributed by atoms with van der Waals surface area (Å²) in [6, 6.07) is 17.2. The molecule has 1 atom stereocenters. The Morgan fingerprint density at radius 3 is 2.53 bits per heavy atom. The Morgan fingerprint density at radius 2 is 1.78 bits per heavy atom. The summed E-state index contributed by atoms with van der Waals surface area (Å²) in [5.74, 6) is 0.0332. The quantitative estimate of drug-likeness (QED) is 0.208. The highest BCUT2D eigenvalue weighted by molar-refractivity contribution is 8.00. The molecule has 0 N–H and O–H groups in total. The van der Waals surface area contributed by atoms with E-state index in [-0.39, 0.29) is 16.6 Å². The van der Waals surface area contributed by atoms with Gasteiger partial charge in [-0.3, -0.25) is 14.2 Å². The molecule has 1 aliphatic carbocycles. The number of thiophene rings is 1. The first-order valence-corrected chi connectivity index (χ1v) is 12.6. The number of hydrogen-bond acceptors (Lipinski definition) is 5. The number of aromatic nitrogens is 2. The van der Waals surface area contributed by atoms with Gasteiger partial charge >= 0.3 is 0 Å². The van der Waals surface area contributed by atoms with Gasteiger partial charge in [0.1, 0.15) is 4.83 Å². The van der Waals surface area contributed by atoms with Crippen LogP contribution in [-0.4, -0.2) is 20.6 Å². The summed E-state index contributed by atoms with van der Waals surface area (Å²) in [4.78, 5) is 33.9. The minimum absolute atomic E-state index is 0.0277. The van der Waals surface area contributed by atoms with Gasteiger partial charge in [-0.25, -0.2) is 4.98 Å². The lowest BCUT2D eigenvalue weighted by Gasteiger charge is -2.16. The summed E-state index contributed by atoms with van der Waals surface area (Å²) in [5.41, 5.74) is 3.74. The molecule has 4 nitrogen and oxygen atoms in total. The van der Waals surface area contributed by atoms with Crippen molar-refractivity contribution in [3.63, 3.8) is 0 Å². The maximum atomic E-state index is 13.8. The van der Waals surface area contributed by atoms with Crippen molar-refractivity contribution in [2.24, 2.45) is 0 Å². The molecule has 0 unspecified atom stereocenters.